The van der Waals surface area contributed by atoms with Gasteiger partial charge >= 0.3 is 0 Å². The van der Waals surface area contributed by atoms with Crippen LogP contribution >= 0.6 is 0 Å². The van der Waals surface area contributed by atoms with E-state index in [4.69, 9.17) is 9.47 Å². The van der Waals surface area contributed by atoms with Gasteiger partial charge in [0.25, 0.3) is 5.91 Å². The number of ether oxygens (including phenoxy) is 2. The van der Waals surface area contributed by atoms with Gasteiger partial charge in [0.1, 0.15) is 5.75 Å². The molecule has 4 aliphatic heterocycles. The van der Waals surface area contributed by atoms with Crippen molar-refractivity contribution >= 4 is 43.1 Å². The van der Waals surface area contributed by atoms with E-state index in [-0.39, 0.29) is 43.3 Å². The minimum absolute atomic E-state index is 0.0181. The SMILES string of the molecule is COc1ccc2c(c1)[C@@]1(O[C@H](CC(=O)N3CCC[C@H]3CO)[C@@H]([Si](C)(C)O)[C@@H]1C)C(=O)N2Cc1cccc(N2C(=O)CCc3ccccc32)c1. The Bertz CT molecular complexity index is 1790. The average Bonchev–Trinajstić information content (AvgIpc) is 3.75. The molecule has 1 spiro atoms. The number of hydrogen-bond acceptors (Lipinski definition) is 7. The summed E-state index contributed by atoms with van der Waals surface area (Å²) in [5.74, 6) is -0.221. The third kappa shape index (κ3) is 5.56. The number of anilines is 3. The number of fused-ring (bicyclic) bond motifs is 3. The lowest BCUT2D eigenvalue weighted by atomic mass is 9.82. The highest BCUT2D eigenvalue weighted by Gasteiger charge is 2.66. The van der Waals surface area contributed by atoms with Gasteiger partial charge in [-0.1, -0.05) is 37.3 Å². The maximum absolute atomic E-state index is 15.0. The van der Waals surface area contributed by atoms with Gasteiger partial charge in [0.05, 0.1) is 50.2 Å². The van der Waals surface area contributed by atoms with Crippen molar-refractivity contribution in [2.75, 3.05) is 30.1 Å². The first-order valence-electron chi connectivity index (χ1n) is 17.3. The van der Waals surface area contributed by atoms with Crippen LogP contribution in [-0.2, 0) is 37.7 Å². The summed E-state index contributed by atoms with van der Waals surface area (Å²) in [6.07, 6.45) is 2.03. The van der Waals surface area contributed by atoms with Crippen LogP contribution in [-0.4, -0.2) is 73.2 Å². The van der Waals surface area contributed by atoms with Crippen LogP contribution in [0.25, 0.3) is 0 Å². The highest BCUT2D eigenvalue weighted by Crippen LogP contribution is 2.60. The van der Waals surface area contributed by atoms with Crippen LogP contribution in [0.1, 0.15) is 49.3 Å². The molecule has 5 atom stereocenters. The number of rotatable bonds is 8. The molecule has 10 nitrogen and oxygen atoms in total. The zero-order valence-electron chi connectivity index (χ0n) is 28.6. The van der Waals surface area contributed by atoms with Crippen LogP contribution in [0.2, 0.25) is 18.6 Å². The van der Waals surface area contributed by atoms with E-state index in [0.29, 0.717) is 36.4 Å². The molecule has 11 heteroatoms. The zero-order chi connectivity index (χ0) is 34.7. The van der Waals surface area contributed by atoms with Crippen LogP contribution in [0.3, 0.4) is 0 Å². The number of hydrogen-bond donors (Lipinski definition) is 2. The molecule has 49 heavy (non-hydrogen) atoms. The molecule has 4 aliphatic rings. The lowest BCUT2D eigenvalue weighted by molar-refractivity contribution is -0.150. The average molecular weight is 684 g/mol. The molecule has 3 amide bonds. The maximum atomic E-state index is 15.0. The van der Waals surface area contributed by atoms with Crippen molar-refractivity contribution in [1.82, 2.24) is 4.90 Å². The van der Waals surface area contributed by atoms with E-state index in [1.165, 1.54) is 0 Å². The fraction of sp³-hybridized carbons (Fsp3) is 0.447. The van der Waals surface area contributed by atoms with Gasteiger partial charge in [-0.05, 0) is 79.9 Å². The predicted molar refractivity (Wildman–Crippen MR) is 188 cm³/mol. The summed E-state index contributed by atoms with van der Waals surface area (Å²) in [7, 11) is -1.41. The van der Waals surface area contributed by atoms with Gasteiger partial charge in [-0.15, -0.1) is 0 Å². The van der Waals surface area contributed by atoms with Crippen molar-refractivity contribution in [1.29, 1.82) is 0 Å². The summed E-state index contributed by atoms with van der Waals surface area (Å²) in [5, 5.41) is 9.89. The number of nitrogens with zero attached hydrogens (tertiary/aromatic N) is 3. The van der Waals surface area contributed by atoms with Gasteiger partial charge in [-0.25, -0.2) is 0 Å². The topological polar surface area (TPSA) is 120 Å². The van der Waals surface area contributed by atoms with Gasteiger partial charge < -0.3 is 29.2 Å². The monoisotopic (exact) mass is 683 g/mol. The number of benzene rings is 3. The molecule has 7 rings (SSSR count). The Morgan fingerprint density at radius 2 is 1.84 bits per heavy atom. The van der Waals surface area contributed by atoms with Gasteiger partial charge in [-0.3, -0.25) is 19.3 Å². The van der Waals surface area contributed by atoms with Crippen LogP contribution in [0.15, 0.2) is 66.7 Å². The Labute approximate surface area is 288 Å². The number of likely N-dealkylation sites (tertiary alicyclic amines) is 1. The number of para-hydroxylation sites is 1. The molecular weight excluding hydrogens is 639 g/mol. The summed E-state index contributed by atoms with van der Waals surface area (Å²) in [5.41, 5.74) is 3.07. The molecule has 0 aromatic heterocycles. The Kier molecular flexibility index (Phi) is 8.67. The first-order valence-corrected chi connectivity index (χ1v) is 20.3. The molecule has 2 N–H and O–H groups in total. The molecule has 0 saturated carbocycles. The lowest BCUT2D eigenvalue weighted by Gasteiger charge is -2.33. The number of aliphatic hydroxyl groups is 1. The van der Waals surface area contributed by atoms with E-state index in [1.807, 2.05) is 80.7 Å². The fourth-order valence-electron chi connectivity index (χ4n) is 8.87. The number of methoxy groups -OCH3 is 1. The highest BCUT2D eigenvalue weighted by molar-refractivity contribution is 6.71. The molecule has 0 unspecified atom stereocenters. The van der Waals surface area contributed by atoms with Gasteiger partial charge in [0.15, 0.2) is 13.9 Å². The lowest BCUT2D eigenvalue weighted by Crippen LogP contribution is -2.46. The van der Waals surface area contributed by atoms with Gasteiger partial charge in [0, 0.05) is 35.7 Å². The molecule has 4 heterocycles. The van der Waals surface area contributed by atoms with E-state index >= 15 is 0 Å². The van der Waals surface area contributed by atoms with Crippen LogP contribution in [0.5, 0.6) is 5.75 Å². The van der Waals surface area contributed by atoms with E-state index in [0.717, 1.165) is 35.3 Å². The first kappa shape index (κ1) is 33.5. The molecule has 0 bridgehead atoms. The molecular formula is C38H45N3O7Si. The van der Waals surface area contributed by atoms with E-state index < -0.39 is 31.5 Å². The Morgan fingerprint density at radius 3 is 2.59 bits per heavy atom. The van der Waals surface area contributed by atoms with Crippen molar-refractivity contribution in [3.63, 3.8) is 0 Å². The van der Waals surface area contributed by atoms with Gasteiger partial charge in [-0.2, -0.15) is 0 Å². The number of aliphatic hydroxyl groups excluding tert-OH is 1. The Morgan fingerprint density at radius 1 is 1.04 bits per heavy atom. The highest BCUT2D eigenvalue weighted by atomic mass is 28.4. The summed E-state index contributed by atoms with van der Waals surface area (Å²) in [6, 6.07) is 21.0. The quantitative estimate of drug-likeness (QED) is 0.320. The molecule has 3 aromatic carbocycles. The molecule has 2 saturated heterocycles. The third-order valence-corrected chi connectivity index (χ3v) is 13.6. The molecule has 3 aromatic rings. The molecule has 258 valence electrons. The number of carbonyl (C=O) groups is 3. The Balaban J connectivity index is 1.25. The predicted octanol–water partition coefficient (Wildman–Crippen LogP) is 5.02. The summed E-state index contributed by atoms with van der Waals surface area (Å²) < 4.78 is 12.5. The number of amides is 3. The maximum Gasteiger partial charge on any atom is 0.264 e. The smallest absolute Gasteiger partial charge is 0.264 e. The largest absolute Gasteiger partial charge is 0.497 e. The normalized spacial score (nSPS) is 26.4. The standard InChI is InChI=1S/C38H45N3O7Si/c1-24-36(49(3,4)46)33(21-35(44)39-18-8-12-28(39)23-42)48-38(24)30-20-29(47-2)15-16-32(30)40(37(38)45)22-25-9-7-11-27(19-25)41-31-13-6-5-10-26(31)14-17-34(41)43/h5-7,9-11,13,15-16,19-20,24,28,33,36,42,46H,8,12,14,17-18,21-23H2,1-4H3/t24-,28-,33+,36-,38+/m0/s1. The fourth-order valence-corrected chi connectivity index (χ4v) is 11.4. The van der Waals surface area contributed by atoms with Crippen LogP contribution < -0.4 is 14.5 Å². The van der Waals surface area contributed by atoms with E-state index in [9.17, 15) is 24.3 Å². The second-order valence-corrected chi connectivity index (χ2v) is 18.4. The summed E-state index contributed by atoms with van der Waals surface area (Å²) >= 11 is 0. The van der Waals surface area contributed by atoms with Crippen molar-refractivity contribution < 1.29 is 33.8 Å². The minimum atomic E-state index is -2.99. The van der Waals surface area contributed by atoms with Crippen molar-refractivity contribution in [3.05, 3.63) is 83.4 Å². The van der Waals surface area contributed by atoms with E-state index in [1.54, 1.807) is 21.8 Å². The van der Waals surface area contributed by atoms with Crippen molar-refractivity contribution in [2.45, 2.75) is 82.0 Å². The molecule has 0 radical (unpaired) electrons. The summed E-state index contributed by atoms with van der Waals surface area (Å²) in [4.78, 5) is 58.7. The zero-order valence-corrected chi connectivity index (χ0v) is 29.6. The van der Waals surface area contributed by atoms with Crippen molar-refractivity contribution in [2.24, 2.45) is 5.92 Å². The van der Waals surface area contributed by atoms with Crippen LogP contribution in [0, 0.1) is 5.92 Å². The van der Waals surface area contributed by atoms with E-state index in [2.05, 4.69) is 6.07 Å². The second-order valence-electron chi connectivity index (χ2n) is 14.4. The number of carbonyl (C=O) groups excluding carboxylic acids is 3. The first-order chi connectivity index (χ1) is 23.5. The minimum Gasteiger partial charge on any atom is -0.497 e. The Hall–Kier alpha value is -4.03. The second kappa shape index (κ2) is 12.7. The number of aryl methyl sites for hydroxylation is 1. The van der Waals surface area contributed by atoms with Crippen molar-refractivity contribution in [3.8, 4) is 5.75 Å². The van der Waals surface area contributed by atoms with Gasteiger partial charge in [0.2, 0.25) is 11.8 Å². The molecule has 0 aliphatic carbocycles. The third-order valence-electron chi connectivity index (χ3n) is 11.1. The molecule has 2 fully saturated rings. The summed E-state index contributed by atoms with van der Waals surface area (Å²) in [6.45, 7) is 6.35. The van der Waals surface area contributed by atoms with Crippen LogP contribution in [0.4, 0.5) is 17.1 Å².